The van der Waals surface area contributed by atoms with Gasteiger partial charge >= 0.3 is 0 Å². The van der Waals surface area contributed by atoms with Crippen molar-refractivity contribution < 1.29 is 4.59 Å². The van der Waals surface area contributed by atoms with Gasteiger partial charge in [0.05, 0.1) is 7.05 Å². The summed E-state index contributed by atoms with van der Waals surface area (Å²) in [4.78, 5) is 0. The second-order valence-corrected chi connectivity index (χ2v) is 6.21. The van der Waals surface area contributed by atoms with E-state index in [4.69, 9.17) is 5.84 Å². The second kappa shape index (κ2) is 2.71. The highest BCUT2D eigenvalue weighted by molar-refractivity contribution is 4.86. The summed E-state index contributed by atoms with van der Waals surface area (Å²) in [6, 6.07) is 0. The Morgan fingerprint density at radius 2 is 1.38 bits per heavy atom. The molecule has 0 atom stereocenters. The van der Waals surface area contributed by atoms with Crippen molar-refractivity contribution in [2.45, 2.75) is 58.5 Å². The highest BCUT2D eigenvalue weighted by atomic mass is 15.6. The van der Waals surface area contributed by atoms with E-state index in [1.54, 1.807) is 0 Å². The standard InChI is InChI=1S/C11H25N2/c1-9-7-10(2,3)13(6,12)11(4,5)8-9/h9H,7-8,12H2,1-6H3/q+1. The molecule has 0 unspecified atom stereocenters. The molecular formula is C11H25N2+. The molecule has 1 aliphatic rings. The van der Waals surface area contributed by atoms with Crippen molar-refractivity contribution in [3.05, 3.63) is 0 Å². The maximum atomic E-state index is 6.43. The topological polar surface area (TPSA) is 26.0 Å². The maximum Gasteiger partial charge on any atom is 0.111 e. The minimum Gasteiger partial charge on any atom is -0.242 e. The van der Waals surface area contributed by atoms with Crippen molar-refractivity contribution in [3.8, 4) is 0 Å². The highest BCUT2D eigenvalue weighted by Gasteiger charge is 2.54. The number of nitrogens with zero attached hydrogens (tertiary/aromatic N) is 1. The molecule has 0 radical (unpaired) electrons. The number of hydrogen-bond acceptors (Lipinski definition) is 1. The molecule has 1 fully saturated rings. The fourth-order valence-corrected chi connectivity index (χ4v) is 2.98. The van der Waals surface area contributed by atoms with Crippen LogP contribution in [0, 0.1) is 5.92 Å². The molecule has 0 aromatic carbocycles. The molecule has 0 amide bonds. The van der Waals surface area contributed by atoms with E-state index in [9.17, 15) is 0 Å². The first-order chi connectivity index (χ1) is 5.60. The smallest absolute Gasteiger partial charge is 0.111 e. The predicted octanol–water partition coefficient (Wildman–Crippen LogP) is 2.29. The van der Waals surface area contributed by atoms with E-state index in [2.05, 4.69) is 41.7 Å². The molecule has 0 aromatic heterocycles. The van der Waals surface area contributed by atoms with Gasteiger partial charge in [0.2, 0.25) is 0 Å². The predicted molar refractivity (Wildman–Crippen MR) is 56.9 cm³/mol. The first kappa shape index (κ1) is 11.0. The van der Waals surface area contributed by atoms with Gasteiger partial charge in [-0.1, -0.05) is 6.92 Å². The van der Waals surface area contributed by atoms with Gasteiger partial charge in [-0.15, -0.1) is 0 Å². The molecule has 2 heteroatoms. The van der Waals surface area contributed by atoms with Gasteiger partial charge in [0.15, 0.2) is 0 Å². The lowest BCUT2D eigenvalue weighted by molar-refractivity contribution is -1.01. The molecule has 0 aromatic rings. The van der Waals surface area contributed by atoms with E-state index in [-0.39, 0.29) is 11.1 Å². The molecule has 1 rings (SSSR count). The van der Waals surface area contributed by atoms with Crippen LogP contribution < -0.4 is 5.84 Å². The van der Waals surface area contributed by atoms with E-state index in [1.165, 1.54) is 12.8 Å². The van der Waals surface area contributed by atoms with Crippen molar-refractivity contribution >= 4 is 0 Å². The Labute approximate surface area is 82.7 Å². The number of hydrogen-bond donors (Lipinski definition) is 1. The summed E-state index contributed by atoms with van der Waals surface area (Å²) in [6.45, 7) is 11.5. The Kier molecular flexibility index (Phi) is 2.29. The van der Waals surface area contributed by atoms with E-state index >= 15 is 0 Å². The summed E-state index contributed by atoms with van der Waals surface area (Å²) in [5, 5.41) is 0. The van der Waals surface area contributed by atoms with Gasteiger partial charge < -0.3 is 0 Å². The number of likely N-dealkylation sites (tertiary alicyclic amines) is 1. The van der Waals surface area contributed by atoms with Gasteiger partial charge in [0.25, 0.3) is 0 Å². The van der Waals surface area contributed by atoms with Crippen LogP contribution in [-0.4, -0.2) is 22.7 Å². The highest BCUT2D eigenvalue weighted by Crippen LogP contribution is 2.43. The number of quaternary nitrogens is 1. The monoisotopic (exact) mass is 185 g/mol. The molecule has 78 valence electrons. The quantitative estimate of drug-likeness (QED) is 0.455. The Hall–Kier alpha value is -0.0800. The van der Waals surface area contributed by atoms with E-state index in [0.29, 0.717) is 4.59 Å². The molecule has 2 nitrogen and oxygen atoms in total. The molecule has 0 saturated carbocycles. The first-order valence-electron chi connectivity index (χ1n) is 5.25. The Bertz CT molecular complexity index is 184. The van der Waals surface area contributed by atoms with Gasteiger partial charge in [-0.3, -0.25) is 0 Å². The number of nitrogens with two attached hydrogens (primary N) is 1. The lowest BCUT2D eigenvalue weighted by Gasteiger charge is -2.57. The maximum absolute atomic E-state index is 6.43. The third kappa shape index (κ3) is 1.50. The van der Waals surface area contributed by atoms with Crippen LogP contribution in [0.15, 0.2) is 0 Å². The number of rotatable bonds is 0. The zero-order valence-electron chi connectivity index (χ0n) is 10.0. The van der Waals surface area contributed by atoms with Crippen molar-refractivity contribution in [3.63, 3.8) is 0 Å². The molecule has 13 heavy (non-hydrogen) atoms. The Morgan fingerprint density at radius 1 is 1.08 bits per heavy atom. The molecule has 0 aliphatic carbocycles. The van der Waals surface area contributed by atoms with Crippen LogP contribution in [0.25, 0.3) is 0 Å². The molecule has 1 saturated heterocycles. The third-order valence-corrected chi connectivity index (χ3v) is 4.21. The Balaban J connectivity index is 3.03. The van der Waals surface area contributed by atoms with Crippen molar-refractivity contribution in [1.82, 2.24) is 0 Å². The summed E-state index contributed by atoms with van der Waals surface area (Å²) >= 11 is 0. The van der Waals surface area contributed by atoms with Crippen molar-refractivity contribution in [1.29, 1.82) is 0 Å². The Morgan fingerprint density at radius 3 is 1.69 bits per heavy atom. The van der Waals surface area contributed by atoms with Crippen LogP contribution in [0.4, 0.5) is 0 Å². The third-order valence-electron chi connectivity index (χ3n) is 4.21. The van der Waals surface area contributed by atoms with E-state index in [0.717, 1.165) is 5.92 Å². The molecule has 0 bridgehead atoms. The average molecular weight is 185 g/mol. The van der Waals surface area contributed by atoms with Crippen molar-refractivity contribution in [2.24, 2.45) is 11.8 Å². The van der Waals surface area contributed by atoms with Crippen LogP contribution in [0.2, 0.25) is 0 Å². The first-order valence-corrected chi connectivity index (χ1v) is 5.25. The molecule has 2 N–H and O–H groups in total. The minimum absolute atomic E-state index is 0.196. The SMILES string of the molecule is CC1CC(C)(C)[N+](C)(N)C(C)(C)C1. The van der Waals surface area contributed by atoms with Crippen molar-refractivity contribution in [2.75, 3.05) is 7.05 Å². The second-order valence-electron chi connectivity index (χ2n) is 6.21. The van der Waals surface area contributed by atoms with Crippen LogP contribution in [0.3, 0.4) is 0 Å². The molecule has 1 heterocycles. The van der Waals surface area contributed by atoms with Gasteiger partial charge in [0, 0.05) is 12.8 Å². The minimum atomic E-state index is 0.196. The molecule has 1 aliphatic heterocycles. The average Bonchev–Trinajstić information content (AvgIpc) is 1.80. The molecular weight excluding hydrogens is 160 g/mol. The zero-order valence-corrected chi connectivity index (χ0v) is 10.0. The normalized spacial score (nSPS) is 43.2. The van der Waals surface area contributed by atoms with Gasteiger partial charge in [-0.2, -0.15) is 5.84 Å². The van der Waals surface area contributed by atoms with Crippen LogP contribution in [0.1, 0.15) is 47.5 Å². The van der Waals surface area contributed by atoms with E-state index < -0.39 is 0 Å². The van der Waals surface area contributed by atoms with Gasteiger partial charge in [0.1, 0.15) is 11.1 Å². The van der Waals surface area contributed by atoms with Gasteiger partial charge in [-0.05, 0) is 33.6 Å². The fourth-order valence-electron chi connectivity index (χ4n) is 2.98. The summed E-state index contributed by atoms with van der Waals surface area (Å²) in [7, 11) is 2.16. The lowest BCUT2D eigenvalue weighted by atomic mass is 9.74. The fraction of sp³-hybridized carbons (Fsp3) is 1.00. The van der Waals surface area contributed by atoms with Crippen LogP contribution in [-0.2, 0) is 0 Å². The number of piperidine rings is 1. The summed E-state index contributed by atoms with van der Waals surface area (Å²) < 4.78 is 0.643. The van der Waals surface area contributed by atoms with Crippen LogP contribution >= 0.6 is 0 Å². The van der Waals surface area contributed by atoms with E-state index in [1.807, 2.05) is 0 Å². The summed E-state index contributed by atoms with van der Waals surface area (Å²) in [5.74, 6) is 7.22. The summed E-state index contributed by atoms with van der Waals surface area (Å²) in [5.41, 5.74) is 0.391. The lowest BCUT2D eigenvalue weighted by Crippen LogP contribution is -2.76. The molecule has 0 spiro atoms. The van der Waals surface area contributed by atoms with Crippen LogP contribution in [0.5, 0.6) is 0 Å². The summed E-state index contributed by atoms with van der Waals surface area (Å²) in [6.07, 6.45) is 2.45. The largest absolute Gasteiger partial charge is 0.242 e. The van der Waals surface area contributed by atoms with Gasteiger partial charge in [-0.25, -0.2) is 4.59 Å². The zero-order chi connectivity index (χ0) is 10.5.